The molecule has 5 heteroatoms. The second-order valence-electron chi connectivity index (χ2n) is 4.01. The molecule has 1 atom stereocenters. The second kappa shape index (κ2) is 6.23. The molecule has 1 aliphatic heterocycles. The van der Waals surface area contributed by atoms with Crippen molar-refractivity contribution in [3.8, 4) is 0 Å². The Kier molecular flexibility index (Phi) is 5.25. The van der Waals surface area contributed by atoms with Gasteiger partial charge in [-0.1, -0.05) is 0 Å². The van der Waals surface area contributed by atoms with Crippen molar-refractivity contribution in [3.05, 3.63) is 0 Å². The predicted octanol–water partition coefficient (Wildman–Crippen LogP) is -0.0346. The van der Waals surface area contributed by atoms with Gasteiger partial charge in [0.15, 0.2) is 0 Å². The van der Waals surface area contributed by atoms with E-state index in [-0.39, 0.29) is 5.91 Å². The summed E-state index contributed by atoms with van der Waals surface area (Å²) in [5, 5.41) is 3.38. The third-order valence-corrected chi connectivity index (χ3v) is 3.54. The number of nitrogens with one attached hydrogen (secondary N) is 1. The van der Waals surface area contributed by atoms with Crippen LogP contribution in [0.25, 0.3) is 0 Å². The zero-order valence-corrected chi connectivity index (χ0v) is 10.3. The van der Waals surface area contributed by atoms with Crippen molar-refractivity contribution in [1.82, 2.24) is 10.2 Å². The molecule has 1 unspecified atom stereocenters. The molecule has 1 fully saturated rings. The van der Waals surface area contributed by atoms with Crippen LogP contribution in [-0.2, 0) is 15.6 Å². The van der Waals surface area contributed by atoms with Crippen molar-refractivity contribution in [3.63, 3.8) is 0 Å². The van der Waals surface area contributed by atoms with Crippen molar-refractivity contribution in [2.45, 2.75) is 25.8 Å². The molecule has 1 heterocycles. The summed E-state index contributed by atoms with van der Waals surface area (Å²) in [7, 11) is -0.711. The molecule has 0 bridgehead atoms. The number of piperidine rings is 1. The monoisotopic (exact) mass is 232 g/mol. The minimum absolute atomic E-state index is 0.170. The molecule has 0 aromatic rings. The topological polar surface area (TPSA) is 49.4 Å². The highest BCUT2D eigenvalue weighted by atomic mass is 32.2. The highest BCUT2D eigenvalue weighted by molar-refractivity contribution is 7.84. The molecule has 88 valence electrons. The van der Waals surface area contributed by atoms with Gasteiger partial charge in [0.1, 0.15) is 0 Å². The largest absolute Gasteiger partial charge is 0.343 e. The molecular formula is C10H20N2O2S. The summed E-state index contributed by atoms with van der Waals surface area (Å²) >= 11 is 0. The lowest BCUT2D eigenvalue weighted by molar-refractivity contribution is -0.129. The van der Waals surface area contributed by atoms with E-state index in [1.165, 1.54) is 0 Å². The third-order valence-electron chi connectivity index (χ3n) is 2.76. The van der Waals surface area contributed by atoms with Crippen LogP contribution in [0.2, 0.25) is 0 Å². The number of hydrogen-bond donors (Lipinski definition) is 1. The average Bonchev–Trinajstić information content (AvgIpc) is 2.18. The first-order chi connectivity index (χ1) is 7.09. The van der Waals surface area contributed by atoms with E-state index in [0.717, 1.165) is 32.5 Å². The normalized spacial score (nSPS) is 20.3. The Bertz CT molecular complexity index is 235. The number of hydrogen-bond acceptors (Lipinski definition) is 3. The van der Waals surface area contributed by atoms with Gasteiger partial charge in [0.2, 0.25) is 5.91 Å². The van der Waals surface area contributed by atoms with Crippen molar-refractivity contribution in [2.75, 3.05) is 31.6 Å². The molecule has 0 saturated carbocycles. The standard InChI is InChI=1S/C10H20N2O2S/c1-9(13)12-6-3-10(4-7-12)11-5-8-15(2)14/h10-11H,3-8H2,1-2H3. The summed E-state index contributed by atoms with van der Waals surface area (Å²) in [5.41, 5.74) is 0. The summed E-state index contributed by atoms with van der Waals surface area (Å²) in [6, 6.07) is 0.490. The van der Waals surface area contributed by atoms with E-state index in [2.05, 4.69) is 5.32 Å². The zero-order valence-electron chi connectivity index (χ0n) is 9.49. The number of carbonyl (C=O) groups excluding carboxylic acids is 1. The third kappa shape index (κ3) is 4.75. The maximum Gasteiger partial charge on any atom is 0.219 e. The van der Waals surface area contributed by atoms with Crippen LogP contribution in [0.4, 0.5) is 0 Å². The number of rotatable bonds is 4. The maximum atomic E-state index is 11.1. The van der Waals surface area contributed by atoms with Gasteiger partial charge in [0, 0.05) is 55.4 Å². The number of nitrogens with zero attached hydrogens (tertiary/aromatic N) is 1. The van der Waals surface area contributed by atoms with Crippen LogP contribution in [0.1, 0.15) is 19.8 Å². The van der Waals surface area contributed by atoms with Crippen molar-refractivity contribution in [1.29, 1.82) is 0 Å². The molecule has 1 N–H and O–H groups in total. The molecule has 0 aliphatic carbocycles. The van der Waals surface area contributed by atoms with Crippen LogP contribution >= 0.6 is 0 Å². The highest BCUT2D eigenvalue weighted by Crippen LogP contribution is 2.09. The lowest BCUT2D eigenvalue weighted by Gasteiger charge is -2.31. The zero-order chi connectivity index (χ0) is 11.3. The van der Waals surface area contributed by atoms with E-state index in [9.17, 15) is 9.00 Å². The van der Waals surface area contributed by atoms with Crippen LogP contribution in [-0.4, -0.2) is 52.7 Å². The summed E-state index contributed by atoms with van der Waals surface area (Å²) in [6.07, 6.45) is 3.74. The Hall–Kier alpha value is -0.420. The van der Waals surface area contributed by atoms with Crippen molar-refractivity contribution in [2.24, 2.45) is 0 Å². The number of likely N-dealkylation sites (tertiary alicyclic amines) is 1. The van der Waals surface area contributed by atoms with Gasteiger partial charge in [-0.3, -0.25) is 9.00 Å². The molecule has 1 rings (SSSR count). The minimum Gasteiger partial charge on any atom is -0.343 e. The average molecular weight is 232 g/mol. The molecular weight excluding hydrogens is 212 g/mol. The summed E-state index contributed by atoms with van der Waals surface area (Å²) in [4.78, 5) is 13.0. The van der Waals surface area contributed by atoms with Crippen molar-refractivity contribution < 1.29 is 9.00 Å². The molecule has 0 aromatic heterocycles. The Morgan fingerprint density at radius 3 is 2.53 bits per heavy atom. The van der Waals surface area contributed by atoms with Gasteiger partial charge in [0.25, 0.3) is 0 Å². The molecule has 0 aromatic carbocycles. The quantitative estimate of drug-likeness (QED) is 0.740. The van der Waals surface area contributed by atoms with E-state index in [4.69, 9.17) is 0 Å². The van der Waals surface area contributed by atoms with Gasteiger partial charge in [0.05, 0.1) is 0 Å². The SMILES string of the molecule is CC(=O)N1CCC(NCCS(C)=O)CC1. The first-order valence-electron chi connectivity index (χ1n) is 5.38. The lowest BCUT2D eigenvalue weighted by atomic mass is 10.1. The van der Waals surface area contributed by atoms with Crippen LogP contribution in [0.3, 0.4) is 0 Å². The fourth-order valence-electron chi connectivity index (χ4n) is 1.81. The lowest BCUT2D eigenvalue weighted by Crippen LogP contribution is -2.44. The van der Waals surface area contributed by atoms with E-state index in [0.29, 0.717) is 11.8 Å². The first kappa shape index (κ1) is 12.6. The second-order valence-corrected chi connectivity index (χ2v) is 5.57. The van der Waals surface area contributed by atoms with Crippen LogP contribution in [0, 0.1) is 0 Å². The minimum atomic E-state index is -0.711. The van der Waals surface area contributed by atoms with E-state index in [1.54, 1.807) is 13.2 Å². The van der Waals surface area contributed by atoms with E-state index >= 15 is 0 Å². The number of amides is 1. The summed E-state index contributed by atoms with van der Waals surface area (Å²) < 4.78 is 10.8. The molecule has 4 nitrogen and oxygen atoms in total. The number of carbonyl (C=O) groups is 1. The molecule has 0 spiro atoms. The van der Waals surface area contributed by atoms with Crippen LogP contribution < -0.4 is 5.32 Å². The Morgan fingerprint density at radius 2 is 2.07 bits per heavy atom. The highest BCUT2D eigenvalue weighted by Gasteiger charge is 2.19. The van der Waals surface area contributed by atoms with Crippen LogP contribution in [0.5, 0.6) is 0 Å². The summed E-state index contributed by atoms with van der Waals surface area (Å²) in [6.45, 7) is 4.13. The summed E-state index contributed by atoms with van der Waals surface area (Å²) in [5.74, 6) is 0.885. The molecule has 1 saturated heterocycles. The van der Waals surface area contributed by atoms with Gasteiger partial charge in [-0.05, 0) is 12.8 Å². The van der Waals surface area contributed by atoms with Gasteiger partial charge in [-0.2, -0.15) is 0 Å². The van der Waals surface area contributed by atoms with E-state index < -0.39 is 10.8 Å². The first-order valence-corrected chi connectivity index (χ1v) is 7.11. The molecule has 1 aliphatic rings. The molecule has 15 heavy (non-hydrogen) atoms. The maximum absolute atomic E-state index is 11.1. The molecule has 0 radical (unpaired) electrons. The van der Waals surface area contributed by atoms with Crippen molar-refractivity contribution >= 4 is 16.7 Å². The van der Waals surface area contributed by atoms with Crippen LogP contribution in [0.15, 0.2) is 0 Å². The van der Waals surface area contributed by atoms with Gasteiger partial charge >= 0.3 is 0 Å². The Morgan fingerprint density at radius 1 is 1.47 bits per heavy atom. The smallest absolute Gasteiger partial charge is 0.219 e. The fraction of sp³-hybridized carbons (Fsp3) is 0.900. The predicted molar refractivity (Wildman–Crippen MR) is 62.2 cm³/mol. The van der Waals surface area contributed by atoms with Gasteiger partial charge in [-0.25, -0.2) is 0 Å². The Labute approximate surface area is 93.9 Å². The van der Waals surface area contributed by atoms with Gasteiger partial charge < -0.3 is 10.2 Å². The fourth-order valence-corrected chi connectivity index (χ4v) is 2.21. The molecule has 1 amide bonds. The van der Waals surface area contributed by atoms with E-state index in [1.807, 2.05) is 4.90 Å². The van der Waals surface area contributed by atoms with Gasteiger partial charge in [-0.15, -0.1) is 0 Å². The Balaban J connectivity index is 2.14.